The Kier molecular flexibility index (Phi) is 5.36. The third-order valence-corrected chi connectivity index (χ3v) is 3.67. The summed E-state index contributed by atoms with van der Waals surface area (Å²) in [5.41, 5.74) is 1.68. The molecule has 1 aliphatic carbocycles. The number of ether oxygens (including phenoxy) is 1. The molecule has 2 heteroatoms. The summed E-state index contributed by atoms with van der Waals surface area (Å²) >= 11 is 0. The summed E-state index contributed by atoms with van der Waals surface area (Å²) < 4.78 is 5.60. The number of hydrogen-bond acceptors (Lipinski definition) is 2. The zero-order valence-corrected chi connectivity index (χ0v) is 10.3. The molecular formula is C14H25NO. The molecule has 1 atom stereocenters. The van der Waals surface area contributed by atoms with Crippen LogP contribution in [0.25, 0.3) is 0 Å². The van der Waals surface area contributed by atoms with Gasteiger partial charge in [-0.1, -0.05) is 11.6 Å². The fourth-order valence-corrected chi connectivity index (χ4v) is 2.64. The van der Waals surface area contributed by atoms with Crippen molar-refractivity contribution >= 4 is 0 Å². The number of hydrogen-bond donors (Lipinski definition) is 1. The Bertz CT molecular complexity index is 219. The molecule has 0 aromatic heterocycles. The maximum Gasteiger partial charge on any atom is 0.0588 e. The fourth-order valence-electron chi connectivity index (χ4n) is 2.64. The molecule has 2 rings (SSSR count). The first-order valence-corrected chi connectivity index (χ1v) is 6.95. The molecule has 1 aliphatic heterocycles. The molecule has 1 heterocycles. The topological polar surface area (TPSA) is 21.3 Å². The Morgan fingerprint density at radius 1 is 1.25 bits per heavy atom. The van der Waals surface area contributed by atoms with Gasteiger partial charge in [-0.25, -0.2) is 0 Å². The van der Waals surface area contributed by atoms with Gasteiger partial charge in [0.25, 0.3) is 0 Å². The van der Waals surface area contributed by atoms with Crippen LogP contribution in [-0.2, 0) is 4.74 Å². The van der Waals surface area contributed by atoms with Crippen LogP contribution in [0.3, 0.4) is 0 Å². The maximum absolute atomic E-state index is 5.60. The minimum atomic E-state index is 0.543. The highest BCUT2D eigenvalue weighted by Gasteiger charge is 2.14. The van der Waals surface area contributed by atoms with Gasteiger partial charge in [0.2, 0.25) is 0 Å². The van der Waals surface area contributed by atoms with Crippen LogP contribution in [0.1, 0.15) is 51.4 Å². The lowest BCUT2D eigenvalue weighted by atomic mass is 9.97. The van der Waals surface area contributed by atoms with Gasteiger partial charge in [0.1, 0.15) is 0 Å². The minimum Gasteiger partial charge on any atom is -0.378 e. The molecule has 0 aromatic rings. The van der Waals surface area contributed by atoms with E-state index >= 15 is 0 Å². The van der Waals surface area contributed by atoms with Crippen molar-refractivity contribution in [2.24, 2.45) is 0 Å². The van der Waals surface area contributed by atoms with E-state index in [0.717, 1.165) is 19.7 Å². The molecule has 0 spiro atoms. The van der Waals surface area contributed by atoms with Crippen molar-refractivity contribution in [3.05, 3.63) is 11.6 Å². The lowest BCUT2D eigenvalue weighted by Gasteiger charge is -2.13. The quantitative estimate of drug-likeness (QED) is 0.552. The molecule has 0 radical (unpaired) electrons. The van der Waals surface area contributed by atoms with Crippen molar-refractivity contribution in [2.45, 2.75) is 57.5 Å². The molecule has 1 saturated heterocycles. The number of nitrogens with one attached hydrogen (secondary N) is 1. The molecule has 1 N–H and O–H groups in total. The number of allylic oxidation sites excluding steroid dienone is 1. The molecular weight excluding hydrogens is 198 g/mol. The Labute approximate surface area is 99.4 Å². The highest BCUT2D eigenvalue weighted by Crippen LogP contribution is 2.19. The Hall–Kier alpha value is -0.340. The Balaban J connectivity index is 1.46. The predicted molar refractivity (Wildman–Crippen MR) is 67.6 cm³/mol. The second-order valence-electron chi connectivity index (χ2n) is 5.03. The second-order valence-corrected chi connectivity index (χ2v) is 5.03. The van der Waals surface area contributed by atoms with Crippen LogP contribution in [0.15, 0.2) is 11.6 Å². The lowest BCUT2D eigenvalue weighted by Crippen LogP contribution is -2.21. The summed E-state index contributed by atoms with van der Waals surface area (Å²) in [4.78, 5) is 0. The zero-order chi connectivity index (χ0) is 11.1. The van der Waals surface area contributed by atoms with E-state index in [-0.39, 0.29) is 0 Å². The van der Waals surface area contributed by atoms with Crippen molar-refractivity contribution in [1.82, 2.24) is 5.32 Å². The van der Waals surface area contributed by atoms with Gasteiger partial charge in [-0.3, -0.25) is 0 Å². The van der Waals surface area contributed by atoms with Gasteiger partial charge in [0.05, 0.1) is 6.10 Å². The van der Waals surface area contributed by atoms with Crippen LogP contribution >= 0.6 is 0 Å². The van der Waals surface area contributed by atoms with Crippen LogP contribution in [0, 0.1) is 0 Å². The molecule has 2 aliphatic rings. The summed E-state index contributed by atoms with van der Waals surface area (Å²) in [6, 6.07) is 0. The SMILES string of the molecule is C1=C(CCNCCC2CCCO2)CCCC1. The van der Waals surface area contributed by atoms with E-state index in [4.69, 9.17) is 4.74 Å². The Morgan fingerprint density at radius 2 is 2.25 bits per heavy atom. The van der Waals surface area contributed by atoms with Crippen LogP contribution in [0.4, 0.5) is 0 Å². The zero-order valence-electron chi connectivity index (χ0n) is 10.3. The van der Waals surface area contributed by atoms with E-state index < -0.39 is 0 Å². The smallest absolute Gasteiger partial charge is 0.0588 e. The van der Waals surface area contributed by atoms with E-state index in [1.165, 1.54) is 51.4 Å². The lowest BCUT2D eigenvalue weighted by molar-refractivity contribution is 0.104. The van der Waals surface area contributed by atoms with Gasteiger partial charge in [-0.15, -0.1) is 0 Å². The third kappa shape index (κ3) is 4.26. The molecule has 1 fully saturated rings. The summed E-state index contributed by atoms with van der Waals surface area (Å²) in [7, 11) is 0. The summed E-state index contributed by atoms with van der Waals surface area (Å²) in [5.74, 6) is 0. The third-order valence-electron chi connectivity index (χ3n) is 3.67. The van der Waals surface area contributed by atoms with Crippen molar-refractivity contribution in [1.29, 1.82) is 0 Å². The van der Waals surface area contributed by atoms with Crippen LogP contribution in [0.2, 0.25) is 0 Å². The first-order valence-electron chi connectivity index (χ1n) is 6.95. The van der Waals surface area contributed by atoms with Crippen molar-refractivity contribution in [3.8, 4) is 0 Å². The molecule has 0 aromatic carbocycles. The fraction of sp³-hybridized carbons (Fsp3) is 0.857. The van der Waals surface area contributed by atoms with Crippen LogP contribution < -0.4 is 5.32 Å². The van der Waals surface area contributed by atoms with Crippen molar-refractivity contribution < 1.29 is 4.74 Å². The van der Waals surface area contributed by atoms with E-state index in [0.29, 0.717) is 6.10 Å². The monoisotopic (exact) mass is 223 g/mol. The van der Waals surface area contributed by atoms with Gasteiger partial charge >= 0.3 is 0 Å². The molecule has 0 bridgehead atoms. The molecule has 0 amide bonds. The van der Waals surface area contributed by atoms with E-state index in [1.54, 1.807) is 5.57 Å². The maximum atomic E-state index is 5.60. The van der Waals surface area contributed by atoms with Crippen molar-refractivity contribution in [3.63, 3.8) is 0 Å². The minimum absolute atomic E-state index is 0.543. The van der Waals surface area contributed by atoms with Gasteiger partial charge in [0.15, 0.2) is 0 Å². The predicted octanol–water partition coefficient (Wildman–Crippen LogP) is 3.04. The summed E-state index contributed by atoms with van der Waals surface area (Å²) in [5, 5.41) is 3.54. The molecule has 1 unspecified atom stereocenters. The largest absolute Gasteiger partial charge is 0.378 e. The van der Waals surface area contributed by atoms with Crippen molar-refractivity contribution in [2.75, 3.05) is 19.7 Å². The summed E-state index contributed by atoms with van der Waals surface area (Å²) in [6.07, 6.45) is 13.4. The molecule has 92 valence electrons. The standard InChI is InChI=1S/C14H25NO/c1-2-5-13(6-3-1)8-10-15-11-9-14-7-4-12-16-14/h5,14-15H,1-4,6-12H2. The summed E-state index contributed by atoms with van der Waals surface area (Å²) in [6.45, 7) is 3.26. The van der Waals surface area contributed by atoms with E-state index in [9.17, 15) is 0 Å². The average Bonchev–Trinajstić information content (AvgIpc) is 2.83. The Morgan fingerprint density at radius 3 is 3.00 bits per heavy atom. The van der Waals surface area contributed by atoms with Gasteiger partial charge < -0.3 is 10.1 Å². The second kappa shape index (κ2) is 7.08. The first-order chi connectivity index (χ1) is 7.95. The van der Waals surface area contributed by atoms with Crippen LogP contribution in [-0.4, -0.2) is 25.8 Å². The van der Waals surface area contributed by atoms with Gasteiger partial charge in [-0.05, 0) is 64.5 Å². The van der Waals surface area contributed by atoms with E-state index in [1.807, 2.05) is 0 Å². The highest BCUT2D eigenvalue weighted by atomic mass is 16.5. The molecule has 16 heavy (non-hydrogen) atoms. The average molecular weight is 223 g/mol. The highest BCUT2D eigenvalue weighted by molar-refractivity contribution is 5.05. The first kappa shape index (κ1) is 12.1. The molecule has 0 saturated carbocycles. The van der Waals surface area contributed by atoms with Gasteiger partial charge in [-0.2, -0.15) is 0 Å². The van der Waals surface area contributed by atoms with Crippen LogP contribution in [0.5, 0.6) is 0 Å². The van der Waals surface area contributed by atoms with E-state index in [2.05, 4.69) is 11.4 Å². The number of rotatable bonds is 6. The normalized spacial score (nSPS) is 25.8. The van der Waals surface area contributed by atoms with Gasteiger partial charge in [0, 0.05) is 6.61 Å². The molecule has 2 nitrogen and oxygen atoms in total.